The van der Waals surface area contributed by atoms with Gasteiger partial charge in [-0.25, -0.2) is 0 Å². The minimum Gasteiger partial charge on any atom is -0.416 e. The molecule has 0 spiro atoms. The van der Waals surface area contributed by atoms with E-state index in [1.165, 1.54) is 49.7 Å². The molecule has 0 amide bonds. The zero-order valence-corrected chi connectivity index (χ0v) is 37.3. The summed E-state index contributed by atoms with van der Waals surface area (Å²) in [5.74, 6) is 1.43. The molecule has 0 bridgehead atoms. The Hall–Kier alpha value is -8.86. The minimum atomic E-state index is 0.430. The van der Waals surface area contributed by atoms with Crippen molar-refractivity contribution in [1.29, 1.82) is 0 Å². The molecule has 0 aliphatic heterocycles. The second-order valence-corrected chi connectivity index (χ2v) is 17.4. The van der Waals surface area contributed by atoms with Crippen LogP contribution in [0.5, 0.6) is 0 Å². The zero-order chi connectivity index (χ0) is 45.2. The third kappa shape index (κ3) is 7.99. The third-order valence-corrected chi connectivity index (χ3v) is 13.3. The molecule has 0 saturated heterocycles. The fourth-order valence-electron chi connectivity index (χ4n) is 9.68. The van der Waals surface area contributed by atoms with Crippen molar-refractivity contribution < 1.29 is 4.42 Å². The molecule has 2 aliphatic rings. The van der Waals surface area contributed by atoms with Crippen molar-refractivity contribution in [3.8, 4) is 67.4 Å². The molecule has 1 unspecified atom stereocenters. The number of anilines is 3. The molecule has 12 rings (SSSR count). The SMILES string of the molecule is C1=CC2=CC=C(c3ccc(N(c4ccc(-c5ccc6ccccc6c5)cc4)c4ccc(-c5ccccc5-c5ccccc5-c5ccc(-c6nnc(-c7ccccc7)o6)cc5)cc4)cc3)CC2C=C1. The van der Waals surface area contributed by atoms with Crippen LogP contribution >= 0.6 is 0 Å². The summed E-state index contributed by atoms with van der Waals surface area (Å²) >= 11 is 0. The summed E-state index contributed by atoms with van der Waals surface area (Å²) in [5.41, 5.74) is 18.3. The largest absolute Gasteiger partial charge is 0.416 e. The van der Waals surface area contributed by atoms with E-state index in [4.69, 9.17) is 4.42 Å². The second-order valence-electron chi connectivity index (χ2n) is 17.4. The Kier molecular flexibility index (Phi) is 10.7. The standard InChI is InChI=1S/C64H45N3O/c1-2-14-50(15-3-1)63-65-66-64(68-63)51-26-24-48(25-27-51)59-18-8-10-20-61(59)62-21-11-9-19-60(62)49-34-40-58(41-35-49)67(56-36-30-46(31-37-56)54-28-22-44-12-4-6-16-52(44)42-54)57-38-32-47(33-39-57)55-29-23-45-13-5-7-17-53(45)43-55/h1-42,53H,43H2. The average Bonchev–Trinajstić information content (AvgIpc) is 3.92. The van der Waals surface area contributed by atoms with E-state index >= 15 is 0 Å². The molecule has 0 radical (unpaired) electrons. The smallest absolute Gasteiger partial charge is 0.248 e. The Balaban J connectivity index is 0.864. The van der Waals surface area contributed by atoms with E-state index in [1.54, 1.807) is 0 Å². The highest BCUT2D eigenvalue weighted by Crippen LogP contribution is 2.42. The van der Waals surface area contributed by atoms with Crippen LogP contribution in [0.3, 0.4) is 0 Å². The van der Waals surface area contributed by atoms with Crippen LogP contribution in [-0.4, -0.2) is 10.2 Å². The van der Waals surface area contributed by atoms with Gasteiger partial charge in [0, 0.05) is 34.1 Å². The highest BCUT2D eigenvalue weighted by atomic mass is 16.4. The normalized spacial score (nSPS) is 14.0. The third-order valence-electron chi connectivity index (χ3n) is 13.3. The summed E-state index contributed by atoms with van der Waals surface area (Å²) < 4.78 is 6.08. The molecule has 322 valence electrons. The Morgan fingerprint density at radius 1 is 0.382 bits per heavy atom. The lowest BCUT2D eigenvalue weighted by Crippen LogP contribution is -2.10. The first-order valence-corrected chi connectivity index (χ1v) is 23.2. The number of nitrogens with zero attached hydrogens (tertiary/aromatic N) is 3. The molecule has 4 nitrogen and oxygen atoms in total. The van der Waals surface area contributed by atoms with E-state index in [0.29, 0.717) is 17.7 Å². The van der Waals surface area contributed by atoms with Gasteiger partial charge in [-0.05, 0) is 145 Å². The lowest BCUT2D eigenvalue weighted by molar-refractivity contribution is 0.584. The topological polar surface area (TPSA) is 42.2 Å². The number of hydrogen-bond acceptors (Lipinski definition) is 4. The van der Waals surface area contributed by atoms with Gasteiger partial charge >= 0.3 is 0 Å². The quantitative estimate of drug-likeness (QED) is 0.137. The predicted octanol–water partition coefficient (Wildman–Crippen LogP) is 17.2. The second kappa shape index (κ2) is 17.8. The van der Waals surface area contributed by atoms with E-state index in [9.17, 15) is 0 Å². The molecule has 9 aromatic carbocycles. The Morgan fingerprint density at radius 2 is 0.868 bits per heavy atom. The molecule has 0 fully saturated rings. The van der Waals surface area contributed by atoms with Crippen molar-refractivity contribution in [1.82, 2.24) is 10.2 Å². The number of hydrogen-bond donors (Lipinski definition) is 0. The van der Waals surface area contributed by atoms with Crippen LogP contribution in [0.2, 0.25) is 0 Å². The molecule has 1 aromatic heterocycles. The molecule has 4 heteroatoms. The van der Waals surface area contributed by atoms with Crippen molar-refractivity contribution >= 4 is 33.4 Å². The lowest BCUT2D eigenvalue weighted by atomic mass is 9.82. The molecular weight excluding hydrogens is 827 g/mol. The van der Waals surface area contributed by atoms with Gasteiger partial charge in [0.15, 0.2) is 0 Å². The molecule has 1 atom stereocenters. The van der Waals surface area contributed by atoms with Gasteiger partial charge in [0.05, 0.1) is 0 Å². The molecule has 2 aliphatic carbocycles. The van der Waals surface area contributed by atoms with Crippen molar-refractivity contribution in [2.24, 2.45) is 5.92 Å². The summed E-state index contributed by atoms with van der Waals surface area (Å²) in [4.78, 5) is 2.36. The number of benzene rings is 9. The van der Waals surface area contributed by atoms with Crippen molar-refractivity contribution in [2.45, 2.75) is 6.42 Å². The van der Waals surface area contributed by atoms with E-state index < -0.39 is 0 Å². The number of rotatable bonds is 10. The monoisotopic (exact) mass is 871 g/mol. The highest BCUT2D eigenvalue weighted by molar-refractivity contribution is 5.93. The molecule has 68 heavy (non-hydrogen) atoms. The predicted molar refractivity (Wildman–Crippen MR) is 282 cm³/mol. The first-order chi connectivity index (χ1) is 33.7. The Bertz CT molecular complexity index is 3560. The van der Waals surface area contributed by atoms with Crippen LogP contribution in [-0.2, 0) is 0 Å². The van der Waals surface area contributed by atoms with Crippen LogP contribution in [0.1, 0.15) is 12.0 Å². The van der Waals surface area contributed by atoms with E-state index in [0.717, 1.165) is 56.9 Å². The Morgan fingerprint density at radius 3 is 1.50 bits per heavy atom. The van der Waals surface area contributed by atoms with Gasteiger partial charge in [-0.15, -0.1) is 10.2 Å². The molecule has 0 saturated carbocycles. The first-order valence-electron chi connectivity index (χ1n) is 23.2. The maximum absolute atomic E-state index is 6.08. The van der Waals surface area contributed by atoms with Gasteiger partial charge in [0.2, 0.25) is 11.8 Å². The Labute approximate surface area is 396 Å². The van der Waals surface area contributed by atoms with Gasteiger partial charge in [-0.1, -0.05) is 188 Å². The van der Waals surface area contributed by atoms with Gasteiger partial charge < -0.3 is 9.32 Å². The van der Waals surface area contributed by atoms with Crippen LogP contribution < -0.4 is 4.90 Å². The highest BCUT2D eigenvalue weighted by Gasteiger charge is 2.20. The molecule has 1 heterocycles. The molecular formula is C64H45N3O. The van der Waals surface area contributed by atoms with Crippen LogP contribution in [0, 0.1) is 5.92 Å². The van der Waals surface area contributed by atoms with Gasteiger partial charge in [-0.3, -0.25) is 0 Å². The lowest BCUT2D eigenvalue weighted by Gasteiger charge is -2.27. The average molecular weight is 872 g/mol. The van der Waals surface area contributed by atoms with Crippen molar-refractivity contribution in [3.05, 3.63) is 266 Å². The fraction of sp³-hybridized carbons (Fsp3) is 0.0312. The molecule has 10 aromatic rings. The van der Waals surface area contributed by atoms with E-state index in [2.05, 4.69) is 240 Å². The minimum absolute atomic E-state index is 0.430. The van der Waals surface area contributed by atoms with Gasteiger partial charge in [0.25, 0.3) is 0 Å². The zero-order valence-electron chi connectivity index (χ0n) is 37.3. The summed E-state index contributed by atoms with van der Waals surface area (Å²) in [6, 6.07) is 77.9. The maximum Gasteiger partial charge on any atom is 0.248 e. The number of aromatic nitrogens is 2. The van der Waals surface area contributed by atoms with Crippen LogP contribution in [0.4, 0.5) is 17.1 Å². The van der Waals surface area contributed by atoms with Gasteiger partial charge in [-0.2, -0.15) is 0 Å². The van der Waals surface area contributed by atoms with E-state index in [-0.39, 0.29) is 0 Å². The van der Waals surface area contributed by atoms with E-state index in [1.807, 2.05) is 30.3 Å². The summed E-state index contributed by atoms with van der Waals surface area (Å²) in [7, 11) is 0. The summed E-state index contributed by atoms with van der Waals surface area (Å²) in [6.45, 7) is 0. The maximum atomic E-state index is 6.08. The molecule has 0 N–H and O–H groups in total. The van der Waals surface area contributed by atoms with Crippen LogP contribution in [0.15, 0.2) is 265 Å². The van der Waals surface area contributed by atoms with Crippen molar-refractivity contribution in [2.75, 3.05) is 4.90 Å². The summed E-state index contributed by atoms with van der Waals surface area (Å²) in [5, 5.41) is 11.1. The number of fused-ring (bicyclic) bond motifs is 2. The van der Waals surface area contributed by atoms with Crippen molar-refractivity contribution in [3.63, 3.8) is 0 Å². The van der Waals surface area contributed by atoms with Gasteiger partial charge in [0.1, 0.15) is 0 Å². The van der Waals surface area contributed by atoms with Crippen LogP contribution in [0.25, 0.3) is 83.8 Å². The first kappa shape index (κ1) is 40.6. The number of allylic oxidation sites excluding steroid dienone is 8. The summed E-state index contributed by atoms with van der Waals surface area (Å²) in [6.07, 6.45) is 14.4. The fourth-order valence-corrected chi connectivity index (χ4v) is 9.68.